The maximum Gasteiger partial charge on any atom is 0.433 e. The minimum atomic E-state index is -4.78. The molecule has 0 saturated carbocycles. The number of halogens is 5. The first-order chi connectivity index (χ1) is 23.0. The third-order valence-electron chi connectivity index (χ3n) is 7.90. The Balaban J connectivity index is 1.34. The number of aromatic nitrogens is 5. The fourth-order valence-corrected chi connectivity index (χ4v) is 5.99. The zero-order valence-corrected chi connectivity index (χ0v) is 27.0. The minimum Gasteiger partial charge on any atom is -0.480 e. The van der Waals surface area contributed by atoms with Gasteiger partial charge in [-0.15, -0.1) is 0 Å². The second kappa shape index (κ2) is 13.6. The summed E-state index contributed by atoms with van der Waals surface area (Å²) >= 11 is 13.8. The molecule has 2 unspecified atom stereocenters. The molecule has 16 heteroatoms. The van der Waals surface area contributed by atoms with E-state index < -0.39 is 23.5 Å². The number of alkyl halides is 3. The van der Waals surface area contributed by atoms with Crippen LogP contribution < -0.4 is 20.9 Å². The Kier molecular flexibility index (Phi) is 9.54. The maximum absolute atomic E-state index is 13.7. The number of fused-ring (bicyclic) bond motifs is 1. The van der Waals surface area contributed by atoms with E-state index in [0.717, 1.165) is 10.7 Å². The number of hydrogen-bond donors (Lipinski definition) is 3. The van der Waals surface area contributed by atoms with Gasteiger partial charge in [0.1, 0.15) is 17.2 Å². The molecule has 0 aliphatic carbocycles. The van der Waals surface area contributed by atoms with E-state index in [1.165, 1.54) is 20.4 Å². The van der Waals surface area contributed by atoms with E-state index >= 15 is 0 Å². The van der Waals surface area contributed by atoms with Crippen molar-refractivity contribution in [3.63, 3.8) is 0 Å². The van der Waals surface area contributed by atoms with Gasteiger partial charge in [-0.25, -0.2) is 14.6 Å². The molecule has 1 saturated heterocycles. The number of aryl methyl sites for hydroxylation is 1. The highest BCUT2D eigenvalue weighted by molar-refractivity contribution is 6.39. The van der Waals surface area contributed by atoms with Crippen molar-refractivity contribution in [2.45, 2.75) is 31.3 Å². The number of aliphatic hydroxyl groups is 1. The molecule has 2 aromatic carbocycles. The van der Waals surface area contributed by atoms with Gasteiger partial charge in [0.05, 0.1) is 59.0 Å². The Morgan fingerprint density at radius 3 is 2.54 bits per heavy atom. The Bertz CT molecular complexity index is 2060. The molecule has 6 rings (SSSR count). The van der Waals surface area contributed by atoms with Crippen LogP contribution in [0, 0.1) is 0 Å². The second-order valence-corrected chi connectivity index (χ2v) is 11.7. The van der Waals surface area contributed by atoms with Crippen LogP contribution >= 0.6 is 23.2 Å². The van der Waals surface area contributed by atoms with Gasteiger partial charge in [0.15, 0.2) is 0 Å². The summed E-state index contributed by atoms with van der Waals surface area (Å²) in [6, 6.07) is 10.7. The Morgan fingerprint density at radius 1 is 1.08 bits per heavy atom. The van der Waals surface area contributed by atoms with Crippen LogP contribution in [0.2, 0.25) is 10.0 Å². The first-order valence-corrected chi connectivity index (χ1v) is 15.4. The van der Waals surface area contributed by atoms with Crippen LogP contribution in [0.5, 0.6) is 5.88 Å². The Hall–Kier alpha value is -4.34. The summed E-state index contributed by atoms with van der Waals surface area (Å²) in [6.07, 6.45) is -2.04. The van der Waals surface area contributed by atoms with Crippen LogP contribution in [-0.2, 0) is 24.5 Å². The molecule has 48 heavy (non-hydrogen) atoms. The van der Waals surface area contributed by atoms with Crippen molar-refractivity contribution < 1.29 is 27.8 Å². The molecular formula is C32H28Cl2F3N7O4. The number of ether oxygens (including phenoxy) is 2. The van der Waals surface area contributed by atoms with Crippen LogP contribution in [0.15, 0.2) is 59.7 Å². The molecule has 5 aromatic rings. The summed E-state index contributed by atoms with van der Waals surface area (Å²) in [5.74, 6) is -0.0561. The van der Waals surface area contributed by atoms with Gasteiger partial charge in [-0.05, 0) is 18.6 Å². The molecule has 1 fully saturated rings. The monoisotopic (exact) mass is 701 g/mol. The van der Waals surface area contributed by atoms with Crippen LogP contribution in [0.25, 0.3) is 33.2 Å². The average Bonchev–Trinajstić information content (AvgIpc) is 3.06. The summed E-state index contributed by atoms with van der Waals surface area (Å²) in [7, 11) is 2.86. The zero-order chi connectivity index (χ0) is 34.2. The molecule has 11 nitrogen and oxygen atoms in total. The zero-order valence-electron chi connectivity index (χ0n) is 25.5. The fourth-order valence-electron chi connectivity index (χ4n) is 5.39. The van der Waals surface area contributed by atoms with Gasteiger partial charge < -0.3 is 25.2 Å². The Morgan fingerprint density at radius 2 is 1.81 bits per heavy atom. The molecule has 3 aromatic heterocycles. The first-order valence-electron chi connectivity index (χ1n) is 14.6. The largest absolute Gasteiger partial charge is 0.480 e. The van der Waals surface area contributed by atoms with Crippen LogP contribution in [0.3, 0.4) is 0 Å². The lowest BCUT2D eigenvalue weighted by Crippen LogP contribution is -2.46. The van der Waals surface area contributed by atoms with Crippen molar-refractivity contribution in [2.24, 2.45) is 7.05 Å². The highest BCUT2D eigenvalue weighted by Gasteiger charge is 2.34. The molecule has 2 atom stereocenters. The van der Waals surface area contributed by atoms with Gasteiger partial charge in [0, 0.05) is 48.3 Å². The van der Waals surface area contributed by atoms with Gasteiger partial charge in [-0.3, -0.25) is 9.78 Å². The van der Waals surface area contributed by atoms with Crippen molar-refractivity contribution in [3.8, 4) is 28.3 Å². The van der Waals surface area contributed by atoms with Crippen LogP contribution in [0.1, 0.15) is 17.8 Å². The molecule has 0 bridgehead atoms. The number of rotatable bonds is 8. The van der Waals surface area contributed by atoms with E-state index in [2.05, 4.69) is 30.7 Å². The lowest BCUT2D eigenvalue weighted by Gasteiger charge is -2.28. The van der Waals surface area contributed by atoms with Gasteiger partial charge >= 0.3 is 6.18 Å². The maximum atomic E-state index is 13.7. The van der Waals surface area contributed by atoms with Crippen molar-refractivity contribution in [1.29, 1.82) is 0 Å². The van der Waals surface area contributed by atoms with Crippen molar-refractivity contribution in [2.75, 3.05) is 25.6 Å². The highest BCUT2D eigenvalue weighted by atomic mass is 35.5. The van der Waals surface area contributed by atoms with Gasteiger partial charge in [0.2, 0.25) is 5.88 Å². The third-order valence-corrected chi connectivity index (χ3v) is 8.71. The van der Waals surface area contributed by atoms with Crippen molar-refractivity contribution >= 4 is 45.5 Å². The number of hydrogen-bond acceptors (Lipinski definition) is 10. The van der Waals surface area contributed by atoms with E-state index in [-0.39, 0.29) is 50.9 Å². The Labute approximate surface area is 281 Å². The molecule has 4 heterocycles. The normalized spacial score (nSPS) is 16.7. The van der Waals surface area contributed by atoms with Crippen molar-refractivity contribution in [3.05, 3.63) is 86.6 Å². The predicted molar refractivity (Wildman–Crippen MR) is 175 cm³/mol. The number of methoxy groups -OCH3 is 1. The molecule has 250 valence electrons. The average molecular weight is 703 g/mol. The number of anilines is 2. The van der Waals surface area contributed by atoms with Gasteiger partial charge in [-0.2, -0.15) is 18.3 Å². The van der Waals surface area contributed by atoms with Crippen molar-refractivity contribution in [1.82, 2.24) is 30.0 Å². The molecule has 0 radical (unpaired) electrons. The standard InChI is InChI=1S/C32H28Cl2F3N7O4/c1-44-31(46)26-16(12-40-44)11-25(32(35,36)37)43-29(26)41-21-8-4-6-18(28(21)34)17-5-3-7-19(27(17)33)22-13-39-23(30(42-22)47-2)14-38-20-9-10-48-15-24(20)45/h3-8,11-13,20,24,38,45H,9-10,14-15H2,1-2H3,(H,41,43). The van der Waals surface area contributed by atoms with Crippen LogP contribution in [-0.4, -0.2) is 62.3 Å². The van der Waals surface area contributed by atoms with E-state index in [9.17, 15) is 23.1 Å². The van der Waals surface area contributed by atoms with E-state index in [4.69, 9.17) is 32.7 Å². The molecule has 3 N–H and O–H groups in total. The number of nitrogens with one attached hydrogen (secondary N) is 2. The summed E-state index contributed by atoms with van der Waals surface area (Å²) in [5, 5.41) is 20.4. The lowest BCUT2D eigenvalue weighted by atomic mass is 10.0. The molecule has 1 aliphatic rings. The topological polar surface area (TPSA) is 136 Å². The SMILES string of the molecule is COc1nc(-c2cccc(-c3cccc(Nc4nc(C(F)(F)F)cc5cnn(C)c(=O)c45)c3Cl)c2Cl)cnc1CNC1CCOCC1O. The van der Waals surface area contributed by atoms with Gasteiger partial charge in [-0.1, -0.05) is 53.5 Å². The number of aliphatic hydroxyl groups excluding tert-OH is 1. The third kappa shape index (κ3) is 6.66. The molecule has 1 aliphatic heterocycles. The van der Waals surface area contributed by atoms with E-state index in [1.807, 2.05) is 0 Å². The number of nitrogens with zero attached hydrogens (tertiary/aromatic N) is 5. The van der Waals surface area contributed by atoms with E-state index in [1.54, 1.807) is 42.6 Å². The summed E-state index contributed by atoms with van der Waals surface area (Å²) in [6.45, 7) is 1.11. The summed E-state index contributed by atoms with van der Waals surface area (Å²) < 4.78 is 53.0. The van der Waals surface area contributed by atoms with Gasteiger partial charge in [0.25, 0.3) is 5.56 Å². The quantitative estimate of drug-likeness (QED) is 0.183. The highest BCUT2D eigenvalue weighted by Crippen LogP contribution is 2.42. The summed E-state index contributed by atoms with van der Waals surface area (Å²) in [4.78, 5) is 25.8. The number of pyridine rings is 1. The fraction of sp³-hybridized carbons (Fsp3) is 0.281. The predicted octanol–water partition coefficient (Wildman–Crippen LogP) is 5.77. The smallest absolute Gasteiger partial charge is 0.433 e. The molecular weight excluding hydrogens is 674 g/mol. The van der Waals surface area contributed by atoms with E-state index in [0.29, 0.717) is 47.7 Å². The number of benzene rings is 2. The molecule has 0 spiro atoms. The minimum absolute atomic E-state index is 0.0366. The first kappa shape index (κ1) is 33.6. The second-order valence-electron chi connectivity index (χ2n) is 11.0. The lowest BCUT2D eigenvalue weighted by molar-refractivity contribution is -0.141. The molecule has 0 amide bonds. The van der Waals surface area contributed by atoms with Crippen LogP contribution in [0.4, 0.5) is 24.7 Å². The summed E-state index contributed by atoms with van der Waals surface area (Å²) in [5.41, 5.74) is 0.790.